The van der Waals surface area contributed by atoms with Crippen molar-refractivity contribution in [3.8, 4) is 5.75 Å². The third-order valence-electron chi connectivity index (χ3n) is 7.24. The molecular formula is C27H35N3O3. The molecule has 1 fully saturated rings. The molecule has 5 rings (SSSR count). The largest absolute Gasteiger partial charge is 0.489 e. The predicted molar refractivity (Wildman–Crippen MR) is 129 cm³/mol. The average molecular weight is 450 g/mol. The first-order chi connectivity index (χ1) is 16.0. The molecule has 0 aliphatic carbocycles. The number of likely N-dealkylation sites (N-methyl/N-ethyl adjacent to an activating group) is 1. The molecule has 6 nitrogen and oxygen atoms in total. The molecule has 1 N–H and O–H groups in total. The van der Waals surface area contributed by atoms with E-state index in [0.29, 0.717) is 19.6 Å². The number of aliphatic hydroxyl groups is 1. The van der Waals surface area contributed by atoms with Crippen LogP contribution in [0, 0.1) is 0 Å². The van der Waals surface area contributed by atoms with Crippen LogP contribution >= 0.6 is 0 Å². The first-order valence-electron chi connectivity index (χ1n) is 12.3. The van der Waals surface area contributed by atoms with Gasteiger partial charge in [-0.3, -0.25) is 9.69 Å². The Kier molecular flexibility index (Phi) is 6.67. The van der Waals surface area contributed by atoms with Gasteiger partial charge in [0.25, 0.3) is 5.91 Å². The zero-order valence-corrected chi connectivity index (χ0v) is 19.6. The highest BCUT2D eigenvalue weighted by molar-refractivity contribution is 5.97. The van der Waals surface area contributed by atoms with Crippen LogP contribution < -0.4 is 4.74 Å². The molecule has 176 valence electrons. The number of amides is 1. The lowest BCUT2D eigenvalue weighted by Crippen LogP contribution is -2.46. The van der Waals surface area contributed by atoms with Crippen LogP contribution in [0.3, 0.4) is 0 Å². The molecule has 1 unspecified atom stereocenters. The molecule has 0 spiro atoms. The van der Waals surface area contributed by atoms with Gasteiger partial charge in [0.2, 0.25) is 0 Å². The van der Waals surface area contributed by atoms with Gasteiger partial charge in [0.05, 0.1) is 6.10 Å². The Balaban J connectivity index is 1.16. The van der Waals surface area contributed by atoms with Gasteiger partial charge in [-0.05, 0) is 74.2 Å². The average Bonchev–Trinajstić information content (AvgIpc) is 2.81. The molecule has 3 heterocycles. The number of fused-ring (bicyclic) bond motifs is 2. The molecular weight excluding hydrogens is 414 g/mol. The highest BCUT2D eigenvalue weighted by atomic mass is 16.5. The first kappa shape index (κ1) is 22.4. The maximum absolute atomic E-state index is 13.1. The molecule has 2 atom stereocenters. The van der Waals surface area contributed by atoms with Crippen LogP contribution in [-0.4, -0.2) is 84.2 Å². The maximum Gasteiger partial charge on any atom is 0.254 e. The van der Waals surface area contributed by atoms with Gasteiger partial charge >= 0.3 is 0 Å². The lowest BCUT2D eigenvalue weighted by atomic mass is 9.98. The minimum Gasteiger partial charge on any atom is -0.489 e. The Morgan fingerprint density at radius 2 is 1.85 bits per heavy atom. The number of nitrogens with zero attached hydrogens (tertiary/aromatic N) is 3. The van der Waals surface area contributed by atoms with Crippen LogP contribution in [0.25, 0.3) is 0 Å². The number of benzene rings is 2. The van der Waals surface area contributed by atoms with Gasteiger partial charge in [0.1, 0.15) is 11.9 Å². The van der Waals surface area contributed by atoms with Crippen molar-refractivity contribution in [2.45, 2.75) is 44.4 Å². The fourth-order valence-corrected chi connectivity index (χ4v) is 5.49. The number of β-amino-alcohol motifs (C(OH)–C–C–N with tert-alkyl or cyclic N) is 1. The Morgan fingerprint density at radius 1 is 1.03 bits per heavy atom. The van der Waals surface area contributed by atoms with E-state index in [-0.39, 0.29) is 12.0 Å². The van der Waals surface area contributed by atoms with Crippen LogP contribution in [0.4, 0.5) is 0 Å². The molecule has 0 aromatic heterocycles. The summed E-state index contributed by atoms with van der Waals surface area (Å²) in [6.07, 6.45) is 3.72. The summed E-state index contributed by atoms with van der Waals surface area (Å²) in [5.41, 5.74) is 4.55. The van der Waals surface area contributed by atoms with Gasteiger partial charge in [-0.2, -0.15) is 0 Å². The van der Waals surface area contributed by atoms with Crippen LogP contribution in [0.15, 0.2) is 42.5 Å². The summed E-state index contributed by atoms with van der Waals surface area (Å²) in [5.74, 6) is 0.879. The summed E-state index contributed by atoms with van der Waals surface area (Å²) < 4.78 is 6.22. The summed E-state index contributed by atoms with van der Waals surface area (Å²) in [6.45, 7) is 5.50. The Bertz CT molecular complexity index is 994. The highest BCUT2D eigenvalue weighted by Crippen LogP contribution is 2.26. The van der Waals surface area contributed by atoms with Gasteiger partial charge in [-0.15, -0.1) is 0 Å². The molecule has 33 heavy (non-hydrogen) atoms. The summed E-state index contributed by atoms with van der Waals surface area (Å²) >= 11 is 0. The standard InChI is InChI=1S/C27H35N3O3/c1-28-12-4-7-25(19-28)33-24-8-9-26-21(15-24)11-14-30(27(26)32)18-23(31)17-29-13-10-20-5-2-3-6-22(20)16-29/h2-3,5-6,8-9,15,23,25,31H,4,7,10-14,16-19H2,1H3/t23-,25?/m1/s1. The van der Waals surface area contributed by atoms with Crippen molar-refractivity contribution < 1.29 is 14.6 Å². The SMILES string of the molecule is CN1CCCC(Oc2ccc3c(c2)CCN(C[C@H](O)CN2CCc4ccccc4C2)C3=O)C1. The molecule has 2 aromatic carbocycles. The van der Waals surface area contributed by atoms with Crippen molar-refractivity contribution >= 4 is 5.91 Å². The van der Waals surface area contributed by atoms with Crippen molar-refractivity contribution in [1.82, 2.24) is 14.7 Å². The minimum absolute atomic E-state index is 0.0169. The monoisotopic (exact) mass is 449 g/mol. The van der Waals surface area contributed by atoms with E-state index in [4.69, 9.17) is 4.74 Å². The van der Waals surface area contributed by atoms with E-state index in [2.05, 4.69) is 41.1 Å². The molecule has 0 bridgehead atoms. The number of aliphatic hydroxyl groups excluding tert-OH is 1. The van der Waals surface area contributed by atoms with Gasteiger partial charge in [0, 0.05) is 44.8 Å². The molecule has 0 radical (unpaired) electrons. The van der Waals surface area contributed by atoms with Crippen molar-refractivity contribution in [2.24, 2.45) is 0 Å². The number of rotatable bonds is 6. The van der Waals surface area contributed by atoms with Crippen LogP contribution in [0.5, 0.6) is 5.75 Å². The van der Waals surface area contributed by atoms with Gasteiger partial charge < -0.3 is 19.6 Å². The molecule has 3 aliphatic rings. The smallest absolute Gasteiger partial charge is 0.254 e. The maximum atomic E-state index is 13.1. The number of hydrogen-bond acceptors (Lipinski definition) is 5. The second-order valence-corrected chi connectivity index (χ2v) is 9.87. The fourth-order valence-electron chi connectivity index (χ4n) is 5.49. The van der Waals surface area contributed by atoms with E-state index in [1.807, 2.05) is 23.1 Å². The van der Waals surface area contributed by atoms with Gasteiger partial charge in [-0.1, -0.05) is 24.3 Å². The van der Waals surface area contributed by atoms with E-state index in [1.165, 1.54) is 11.1 Å². The van der Waals surface area contributed by atoms with E-state index < -0.39 is 6.10 Å². The van der Waals surface area contributed by atoms with E-state index >= 15 is 0 Å². The van der Waals surface area contributed by atoms with Crippen LogP contribution in [0.2, 0.25) is 0 Å². The van der Waals surface area contributed by atoms with Crippen LogP contribution in [0.1, 0.15) is 39.9 Å². The number of piperidine rings is 1. The van der Waals surface area contributed by atoms with Crippen LogP contribution in [-0.2, 0) is 19.4 Å². The highest BCUT2D eigenvalue weighted by Gasteiger charge is 2.28. The zero-order chi connectivity index (χ0) is 22.8. The second-order valence-electron chi connectivity index (χ2n) is 9.87. The predicted octanol–water partition coefficient (Wildman–Crippen LogP) is 2.58. The van der Waals surface area contributed by atoms with Crippen molar-refractivity contribution in [3.63, 3.8) is 0 Å². The Hall–Kier alpha value is -2.41. The van der Waals surface area contributed by atoms with Crippen molar-refractivity contribution in [2.75, 3.05) is 46.3 Å². The van der Waals surface area contributed by atoms with Crippen molar-refractivity contribution in [3.05, 3.63) is 64.7 Å². The Labute approximate surface area is 196 Å². The second kappa shape index (κ2) is 9.84. The van der Waals surface area contributed by atoms with E-state index in [9.17, 15) is 9.90 Å². The molecule has 0 saturated carbocycles. The molecule has 1 amide bonds. The number of likely N-dealkylation sites (tertiary alicyclic amines) is 1. The lowest BCUT2D eigenvalue weighted by molar-refractivity contribution is 0.0492. The zero-order valence-electron chi connectivity index (χ0n) is 19.6. The summed E-state index contributed by atoms with van der Waals surface area (Å²) in [6, 6.07) is 14.4. The fraction of sp³-hybridized carbons (Fsp3) is 0.519. The normalized spacial score (nSPS) is 22.5. The molecule has 2 aromatic rings. The van der Waals surface area contributed by atoms with Gasteiger partial charge in [0.15, 0.2) is 0 Å². The number of ether oxygens (including phenoxy) is 1. The van der Waals surface area contributed by atoms with E-state index in [1.54, 1.807) is 0 Å². The summed E-state index contributed by atoms with van der Waals surface area (Å²) in [4.78, 5) is 19.5. The molecule has 1 saturated heterocycles. The Morgan fingerprint density at radius 3 is 2.70 bits per heavy atom. The summed E-state index contributed by atoms with van der Waals surface area (Å²) in [5, 5.41) is 10.8. The van der Waals surface area contributed by atoms with Crippen molar-refractivity contribution in [1.29, 1.82) is 0 Å². The third kappa shape index (κ3) is 5.24. The molecule has 3 aliphatic heterocycles. The number of carbonyl (C=O) groups excluding carboxylic acids is 1. The summed E-state index contributed by atoms with van der Waals surface area (Å²) in [7, 11) is 2.13. The number of carbonyl (C=O) groups is 1. The molecule has 6 heteroatoms. The van der Waals surface area contributed by atoms with E-state index in [0.717, 1.165) is 68.7 Å². The lowest BCUT2D eigenvalue weighted by Gasteiger charge is -2.34. The minimum atomic E-state index is -0.549. The third-order valence-corrected chi connectivity index (χ3v) is 7.24. The number of hydrogen-bond donors (Lipinski definition) is 1. The first-order valence-corrected chi connectivity index (χ1v) is 12.3. The van der Waals surface area contributed by atoms with Gasteiger partial charge in [-0.25, -0.2) is 0 Å². The topological polar surface area (TPSA) is 56.2 Å². The quantitative estimate of drug-likeness (QED) is 0.735.